The van der Waals surface area contributed by atoms with Gasteiger partial charge in [-0.3, -0.25) is 0 Å². The zero-order valence-electron chi connectivity index (χ0n) is 15.8. The first-order valence-electron chi connectivity index (χ1n) is 9.38. The topological polar surface area (TPSA) is 64.3 Å². The number of aromatic nitrogens is 3. The molecule has 0 radical (unpaired) electrons. The minimum absolute atomic E-state index is 0.368. The molecule has 0 amide bonds. The maximum absolute atomic E-state index is 5.92. The zero-order chi connectivity index (χ0) is 18.6. The van der Waals surface area contributed by atoms with Crippen LogP contribution in [0.25, 0.3) is 22.6 Å². The van der Waals surface area contributed by atoms with Crippen LogP contribution in [0.4, 0.5) is 0 Å². The molecule has 140 valence electrons. The van der Waals surface area contributed by atoms with E-state index in [0.29, 0.717) is 11.9 Å². The standard InChI is InChI=1S/C21H24N4O2/c1-15-19(9-12-25-10-3-4-11-25)24-20(27-15)17-7-5-16(6-8-17)18-13-22-21(26-2)23-14-18/h5-8,13-14H,3-4,9-12H2,1-2H3. The Bertz CT molecular complexity index is 882. The van der Waals surface area contributed by atoms with Gasteiger partial charge in [-0.2, -0.15) is 0 Å². The quantitative estimate of drug-likeness (QED) is 0.664. The van der Waals surface area contributed by atoms with Crippen molar-refractivity contribution >= 4 is 0 Å². The lowest BCUT2D eigenvalue weighted by atomic mass is 10.1. The van der Waals surface area contributed by atoms with Crippen molar-refractivity contribution in [2.24, 2.45) is 0 Å². The van der Waals surface area contributed by atoms with Crippen molar-refractivity contribution in [3.63, 3.8) is 0 Å². The van der Waals surface area contributed by atoms with Crippen LogP contribution in [0, 0.1) is 6.92 Å². The number of nitrogens with zero attached hydrogens (tertiary/aromatic N) is 4. The lowest BCUT2D eigenvalue weighted by Gasteiger charge is -2.12. The Balaban J connectivity index is 1.47. The normalized spacial score (nSPS) is 14.6. The molecule has 0 aliphatic carbocycles. The Morgan fingerprint density at radius 2 is 1.67 bits per heavy atom. The molecule has 1 fully saturated rings. The SMILES string of the molecule is COc1ncc(-c2ccc(-c3nc(CCN4CCCC4)c(C)o3)cc2)cn1. The molecular formula is C21H24N4O2. The number of aryl methyl sites for hydroxylation is 1. The predicted octanol–water partition coefficient (Wildman–Crippen LogP) is 3.75. The number of benzene rings is 1. The van der Waals surface area contributed by atoms with E-state index in [1.54, 1.807) is 19.5 Å². The smallest absolute Gasteiger partial charge is 0.316 e. The lowest BCUT2D eigenvalue weighted by Crippen LogP contribution is -2.22. The van der Waals surface area contributed by atoms with E-state index in [-0.39, 0.29) is 0 Å². The van der Waals surface area contributed by atoms with Gasteiger partial charge in [-0.25, -0.2) is 15.0 Å². The van der Waals surface area contributed by atoms with E-state index < -0.39 is 0 Å². The molecule has 0 spiro atoms. The van der Waals surface area contributed by atoms with Gasteiger partial charge in [-0.15, -0.1) is 0 Å². The first kappa shape index (κ1) is 17.7. The van der Waals surface area contributed by atoms with Gasteiger partial charge in [-0.1, -0.05) is 12.1 Å². The summed E-state index contributed by atoms with van der Waals surface area (Å²) in [6, 6.07) is 8.48. The van der Waals surface area contributed by atoms with Gasteiger partial charge in [0.2, 0.25) is 5.89 Å². The summed E-state index contributed by atoms with van der Waals surface area (Å²) in [6.45, 7) is 5.47. The summed E-state index contributed by atoms with van der Waals surface area (Å²) in [4.78, 5) is 15.5. The molecule has 0 bridgehead atoms. The molecule has 27 heavy (non-hydrogen) atoms. The number of hydrogen-bond donors (Lipinski definition) is 0. The van der Waals surface area contributed by atoms with Crippen LogP contribution in [0.5, 0.6) is 6.01 Å². The largest absolute Gasteiger partial charge is 0.467 e. The van der Waals surface area contributed by atoms with E-state index in [1.165, 1.54) is 25.9 Å². The summed E-state index contributed by atoms with van der Waals surface area (Å²) >= 11 is 0. The van der Waals surface area contributed by atoms with Crippen molar-refractivity contribution in [1.29, 1.82) is 0 Å². The van der Waals surface area contributed by atoms with Gasteiger partial charge in [0, 0.05) is 36.5 Å². The monoisotopic (exact) mass is 364 g/mol. The molecule has 0 atom stereocenters. The Kier molecular flexibility index (Phi) is 5.16. The predicted molar refractivity (Wildman–Crippen MR) is 104 cm³/mol. The van der Waals surface area contributed by atoms with E-state index in [1.807, 2.05) is 31.2 Å². The molecule has 3 aromatic rings. The van der Waals surface area contributed by atoms with Crippen molar-refractivity contribution in [2.45, 2.75) is 26.2 Å². The first-order valence-corrected chi connectivity index (χ1v) is 9.38. The third-order valence-corrected chi connectivity index (χ3v) is 5.03. The average Bonchev–Trinajstić information content (AvgIpc) is 3.36. The maximum Gasteiger partial charge on any atom is 0.316 e. The number of ether oxygens (including phenoxy) is 1. The second kappa shape index (κ2) is 7.88. The van der Waals surface area contributed by atoms with Crippen LogP contribution >= 0.6 is 0 Å². The third kappa shape index (κ3) is 4.01. The highest BCUT2D eigenvalue weighted by Gasteiger charge is 2.15. The van der Waals surface area contributed by atoms with Gasteiger partial charge in [0.25, 0.3) is 0 Å². The Hall–Kier alpha value is -2.73. The molecule has 0 unspecified atom stereocenters. The summed E-state index contributed by atoms with van der Waals surface area (Å²) in [7, 11) is 1.56. The maximum atomic E-state index is 5.92. The number of likely N-dealkylation sites (tertiary alicyclic amines) is 1. The lowest BCUT2D eigenvalue weighted by molar-refractivity contribution is 0.341. The minimum Gasteiger partial charge on any atom is -0.467 e. The second-order valence-electron chi connectivity index (χ2n) is 6.86. The van der Waals surface area contributed by atoms with Crippen LogP contribution in [-0.2, 0) is 6.42 Å². The molecule has 4 rings (SSSR count). The molecule has 1 aliphatic heterocycles. The van der Waals surface area contributed by atoms with Crippen LogP contribution in [0.3, 0.4) is 0 Å². The van der Waals surface area contributed by atoms with Gasteiger partial charge in [0.05, 0.1) is 12.8 Å². The molecule has 6 heteroatoms. The number of hydrogen-bond acceptors (Lipinski definition) is 6. The van der Waals surface area contributed by atoms with E-state index in [9.17, 15) is 0 Å². The van der Waals surface area contributed by atoms with Crippen molar-refractivity contribution < 1.29 is 9.15 Å². The number of methoxy groups -OCH3 is 1. The van der Waals surface area contributed by atoms with Gasteiger partial charge in [-0.05, 0) is 50.6 Å². The van der Waals surface area contributed by atoms with Crippen molar-refractivity contribution in [1.82, 2.24) is 19.9 Å². The van der Waals surface area contributed by atoms with Crippen molar-refractivity contribution in [2.75, 3.05) is 26.7 Å². The highest BCUT2D eigenvalue weighted by Crippen LogP contribution is 2.26. The molecule has 6 nitrogen and oxygen atoms in total. The summed E-state index contributed by atoms with van der Waals surface area (Å²) in [5.41, 5.74) is 4.02. The third-order valence-electron chi connectivity index (χ3n) is 5.03. The number of rotatable bonds is 6. The fourth-order valence-electron chi connectivity index (χ4n) is 3.43. The van der Waals surface area contributed by atoms with E-state index in [0.717, 1.165) is 41.1 Å². The van der Waals surface area contributed by atoms with Crippen molar-refractivity contribution in [3.8, 4) is 28.6 Å². The molecular weight excluding hydrogens is 340 g/mol. The van der Waals surface area contributed by atoms with Crippen LogP contribution < -0.4 is 4.74 Å². The van der Waals surface area contributed by atoms with Crippen LogP contribution in [-0.4, -0.2) is 46.6 Å². The Morgan fingerprint density at radius 1 is 1.00 bits per heavy atom. The molecule has 2 aromatic heterocycles. The summed E-state index contributed by atoms with van der Waals surface area (Å²) in [5, 5.41) is 0. The van der Waals surface area contributed by atoms with Gasteiger partial charge in [0.1, 0.15) is 5.76 Å². The van der Waals surface area contributed by atoms with Crippen molar-refractivity contribution in [3.05, 3.63) is 48.1 Å². The van der Waals surface area contributed by atoms with Crippen LogP contribution in [0.1, 0.15) is 24.3 Å². The average molecular weight is 364 g/mol. The van der Waals surface area contributed by atoms with E-state index in [2.05, 4.69) is 14.9 Å². The molecule has 1 saturated heterocycles. The summed E-state index contributed by atoms with van der Waals surface area (Å²) in [5.74, 6) is 1.60. The van der Waals surface area contributed by atoms with E-state index >= 15 is 0 Å². The summed E-state index contributed by atoms with van der Waals surface area (Å²) < 4.78 is 10.9. The molecule has 1 aliphatic rings. The van der Waals surface area contributed by atoms with Gasteiger partial charge < -0.3 is 14.1 Å². The molecule has 3 heterocycles. The minimum atomic E-state index is 0.368. The zero-order valence-corrected chi connectivity index (χ0v) is 15.8. The second-order valence-corrected chi connectivity index (χ2v) is 6.86. The van der Waals surface area contributed by atoms with Crippen LogP contribution in [0.15, 0.2) is 41.1 Å². The molecule has 0 N–H and O–H groups in total. The fraction of sp³-hybridized carbons (Fsp3) is 0.381. The first-order chi connectivity index (χ1) is 13.2. The van der Waals surface area contributed by atoms with E-state index in [4.69, 9.17) is 14.1 Å². The Morgan fingerprint density at radius 3 is 2.33 bits per heavy atom. The highest BCUT2D eigenvalue weighted by atomic mass is 16.5. The molecule has 0 saturated carbocycles. The van der Waals surface area contributed by atoms with Gasteiger partial charge in [0.15, 0.2) is 0 Å². The van der Waals surface area contributed by atoms with Crippen LogP contribution in [0.2, 0.25) is 0 Å². The molecule has 1 aromatic carbocycles. The Labute approximate surface area is 159 Å². The summed E-state index contributed by atoms with van der Waals surface area (Å²) in [6.07, 6.45) is 7.08. The highest BCUT2D eigenvalue weighted by molar-refractivity contribution is 5.66. The van der Waals surface area contributed by atoms with Gasteiger partial charge >= 0.3 is 6.01 Å². The number of oxazole rings is 1. The fourth-order valence-corrected chi connectivity index (χ4v) is 3.43.